The molecule has 1 atom stereocenters. The number of aromatic nitrogens is 2. The number of anilines is 2. The number of carbonyl (C=O) groups is 1. The lowest BCUT2D eigenvalue weighted by Crippen LogP contribution is -2.48. The normalized spacial score (nSPS) is 18.6. The van der Waals surface area contributed by atoms with Gasteiger partial charge in [-0.25, -0.2) is 0 Å². The van der Waals surface area contributed by atoms with Crippen molar-refractivity contribution in [2.24, 2.45) is 0 Å². The number of amides is 1. The highest BCUT2D eigenvalue weighted by Crippen LogP contribution is 2.32. The molecule has 2 aliphatic heterocycles. The van der Waals surface area contributed by atoms with Crippen molar-refractivity contribution in [1.29, 1.82) is 0 Å². The minimum Gasteiger partial charge on any atom is -0.460 e. The number of hydrogen-bond acceptors (Lipinski definition) is 7. The summed E-state index contributed by atoms with van der Waals surface area (Å²) >= 11 is 0. The van der Waals surface area contributed by atoms with Gasteiger partial charge in [-0.1, -0.05) is 19.8 Å². The Hall–Kier alpha value is -1.93. The molecule has 174 valence electrons. The van der Waals surface area contributed by atoms with Crippen LogP contribution < -0.4 is 15.4 Å². The first-order chi connectivity index (χ1) is 14.9. The van der Waals surface area contributed by atoms with Crippen LogP contribution >= 0.6 is 0 Å². The Labute approximate surface area is 187 Å². The Bertz CT molecular complexity index is 733. The van der Waals surface area contributed by atoms with E-state index in [4.69, 9.17) is 10.5 Å². The van der Waals surface area contributed by atoms with Gasteiger partial charge in [-0.3, -0.25) is 14.6 Å². The van der Waals surface area contributed by atoms with Gasteiger partial charge in [0.15, 0.2) is 0 Å². The monoisotopic (exact) mass is 432 g/mol. The van der Waals surface area contributed by atoms with Crippen LogP contribution in [0.3, 0.4) is 0 Å². The highest BCUT2D eigenvalue weighted by molar-refractivity contribution is 6.01. The lowest BCUT2D eigenvalue weighted by atomic mass is 10.2. The first-order valence-electron chi connectivity index (χ1n) is 12.0. The molecule has 1 aromatic rings. The molecule has 0 aromatic carbocycles. The van der Waals surface area contributed by atoms with Gasteiger partial charge in [0.25, 0.3) is 0 Å². The van der Waals surface area contributed by atoms with Crippen molar-refractivity contribution >= 4 is 17.5 Å². The van der Waals surface area contributed by atoms with Crippen LogP contribution in [0.15, 0.2) is 0 Å². The second kappa shape index (κ2) is 11.1. The molecule has 1 saturated heterocycles. The summed E-state index contributed by atoms with van der Waals surface area (Å²) in [5, 5.41) is 0. The van der Waals surface area contributed by atoms with Crippen molar-refractivity contribution in [1.82, 2.24) is 19.8 Å². The number of nitrogens with two attached hydrogens (primary N) is 1. The lowest BCUT2D eigenvalue weighted by Gasteiger charge is -2.36. The fourth-order valence-corrected chi connectivity index (χ4v) is 4.44. The van der Waals surface area contributed by atoms with Gasteiger partial charge in [0.1, 0.15) is 11.6 Å². The predicted molar refractivity (Wildman–Crippen MR) is 124 cm³/mol. The van der Waals surface area contributed by atoms with Crippen LogP contribution in [0, 0.1) is 0 Å². The Morgan fingerprint density at radius 3 is 2.42 bits per heavy atom. The Kier molecular flexibility index (Phi) is 8.49. The summed E-state index contributed by atoms with van der Waals surface area (Å²) in [5.41, 5.74) is 6.85. The van der Waals surface area contributed by atoms with Gasteiger partial charge in [-0.15, -0.1) is 0 Å². The molecule has 0 bridgehead atoms. The molecule has 3 rings (SSSR count). The fourth-order valence-electron chi connectivity index (χ4n) is 4.44. The smallest absolute Gasteiger partial charge is 0.320 e. The first kappa shape index (κ1) is 23.7. The average Bonchev–Trinajstić information content (AvgIpc) is 3.04. The second-order valence-electron chi connectivity index (χ2n) is 9.16. The van der Waals surface area contributed by atoms with E-state index in [9.17, 15) is 4.79 Å². The number of piperazine rings is 1. The van der Waals surface area contributed by atoms with Gasteiger partial charge in [0.2, 0.25) is 5.91 Å². The van der Waals surface area contributed by atoms with E-state index in [-0.39, 0.29) is 24.4 Å². The minimum absolute atomic E-state index is 0.0235. The Morgan fingerprint density at radius 2 is 1.74 bits per heavy atom. The van der Waals surface area contributed by atoms with E-state index in [0.717, 1.165) is 57.3 Å². The highest BCUT2D eigenvalue weighted by Gasteiger charge is 2.32. The number of ether oxygens (including phenoxy) is 1. The largest absolute Gasteiger partial charge is 0.460 e. The van der Waals surface area contributed by atoms with Crippen molar-refractivity contribution in [2.45, 2.75) is 78.4 Å². The molecule has 0 aliphatic carbocycles. The van der Waals surface area contributed by atoms with Gasteiger partial charge in [-0.2, -0.15) is 9.97 Å². The Morgan fingerprint density at radius 1 is 1.03 bits per heavy atom. The summed E-state index contributed by atoms with van der Waals surface area (Å²) in [6.45, 7) is 15.1. The molecule has 1 fully saturated rings. The molecule has 8 heteroatoms. The molecule has 0 unspecified atom stereocenters. The van der Waals surface area contributed by atoms with Crippen LogP contribution in [0.2, 0.25) is 0 Å². The van der Waals surface area contributed by atoms with Gasteiger partial charge in [-0.05, 0) is 46.6 Å². The van der Waals surface area contributed by atoms with E-state index >= 15 is 0 Å². The number of nitrogen functional groups attached to an aromatic ring is 1. The molecule has 2 N–H and O–H groups in total. The summed E-state index contributed by atoms with van der Waals surface area (Å²) in [6.07, 6.45) is 5.48. The third kappa shape index (κ3) is 6.29. The molecule has 2 aliphatic rings. The number of carbonyl (C=O) groups excluding carboxylic acids is 1. The highest BCUT2D eigenvalue weighted by atomic mass is 16.5. The number of fused-ring (bicyclic) bond motifs is 1. The third-order valence-electron chi connectivity index (χ3n) is 6.38. The van der Waals surface area contributed by atoms with Crippen LogP contribution in [0.5, 0.6) is 6.01 Å². The van der Waals surface area contributed by atoms with E-state index in [2.05, 4.69) is 40.5 Å². The van der Waals surface area contributed by atoms with Crippen LogP contribution in [0.1, 0.15) is 65.4 Å². The number of unbranched alkanes of at least 4 members (excludes halogenated alkanes) is 2. The van der Waals surface area contributed by atoms with Gasteiger partial charge >= 0.3 is 6.01 Å². The predicted octanol–water partition coefficient (Wildman–Crippen LogP) is 2.71. The quantitative estimate of drug-likeness (QED) is 0.538. The van der Waals surface area contributed by atoms with Crippen molar-refractivity contribution in [3.05, 3.63) is 5.56 Å². The zero-order chi connectivity index (χ0) is 22.4. The molecule has 0 radical (unpaired) electrons. The molecular formula is C23H40N6O2. The van der Waals surface area contributed by atoms with Crippen molar-refractivity contribution < 1.29 is 9.53 Å². The minimum atomic E-state index is 0.0235. The summed E-state index contributed by atoms with van der Waals surface area (Å²) in [6, 6.07) is 0.916. The molecule has 1 aromatic heterocycles. The number of rotatable bonds is 11. The zero-order valence-corrected chi connectivity index (χ0v) is 19.8. The summed E-state index contributed by atoms with van der Waals surface area (Å²) in [4.78, 5) is 28.2. The van der Waals surface area contributed by atoms with Crippen LogP contribution in [-0.4, -0.2) is 77.1 Å². The van der Waals surface area contributed by atoms with E-state index in [1.54, 1.807) is 4.90 Å². The topological polar surface area (TPSA) is 87.8 Å². The molecule has 1 amide bonds. The maximum absolute atomic E-state index is 12.6. The molecule has 31 heavy (non-hydrogen) atoms. The SMILES string of the molecule is CCC[C@H](C)Oc1nc(N)c2c(n1)N(CCCCCN1CCN(C(C)C)CC1)C(=O)C2. The number of nitrogens with zero attached hydrogens (tertiary/aromatic N) is 5. The van der Waals surface area contributed by atoms with Crippen molar-refractivity contribution in [3.8, 4) is 6.01 Å². The molecule has 0 spiro atoms. The molecule has 0 saturated carbocycles. The summed E-state index contributed by atoms with van der Waals surface area (Å²) < 4.78 is 5.83. The van der Waals surface area contributed by atoms with Gasteiger partial charge < -0.3 is 15.4 Å². The summed E-state index contributed by atoms with van der Waals surface area (Å²) in [5.74, 6) is 1.06. The van der Waals surface area contributed by atoms with E-state index in [0.29, 0.717) is 24.2 Å². The van der Waals surface area contributed by atoms with Gasteiger partial charge in [0, 0.05) is 44.3 Å². The fraction of sp³-hybridized carbons (Fsp3) is 0.783. The van der Waals surface area contributed by atoms with Crippen LogP contribution in [-0.2, 0) is 11.2 Å². The van der Waals surface area contributed by atoms with Gasteiger partial charge in [0.05, 0.1) is 12.5 Å². The van der Waals surface area contributed by atoms with E-state index in [1.807, 2.05) is 6.92 Å². The molecule has 3 heterocycles. The average molecular weight is 433 g/mol. The Balaban J connectivity index is 1.46. The number of hydrogen-bond donors (Lipinski definition) is 1. The second-order valence-corrected chi connectivity index (χ2v) is 9.16. The van der Waals surface area contributed by atoms with E-state index in [1.165, 1.54) is 13.1 Å². The van der Waals surface area contributed by atoms with Crippen LogP contribution in [0.25, 0.3) is 0 Å². The molecular weight excluding hydrogens is 392 g/mol. The van der Waals surface area contributed by atoms with Crippen molar-refractivity contribution in [3.63, 3.8) is 0 Å². The zero-order valence-electron chi connectivity index (χ0n) is 19.8. The van der Waals surface area contributed by atoms with E-state index < -0.39 is 0 Å². The van der Waals surface area contributed by atoms with Crippen molar-refractivity contribution in [2.75, 3.05) is 49.9 Å². The maximum atomic E-state index is 12.6. The maximum Gasteiger partial charge on any atom is 0.320 e. The van der Waals surface area contributed by atoms with Crippen LogP contribution in [0.4, 0.5) is 11.6 Å². The first-order valence-corrected chi connectivity index (χ1v) is 12.0. The molecule has 8 nitrogen and oxygen atoms in total. The third-order valence-corrected chi connectivity index (χ3v) is 6.38. The summed E-state index contributed by atoms with van der Waals surface area (Å²) in [7, 11) is 0. The lowest BCUT2D eigenvalue weighted by molar-refractivity contribution is -0.117. The standard InChI is InChI=1S/C23H40N6O2/c1-5-9-18(4)31-23-25-21(24)19-16-20(30)29(22(19)26-23)11-8-6-7-10-27-12-14-28(15-13-27)17(2)3/h17-18H,5-16H2,1-4H3,(H2,24,25,26)/t18-/m0/s1.